The van der Waals surface area contributed by atoms with E-state index in [0.29, 0.717) is 6.61 Å². The van der Waals surface area contributed by atoms with E-state index in [1.165, 1.54) is 5.56 Å². The van der Waals surface area contributed by atoms with Crippen LogP contribution in [0.25, 0.3) is 11.1 Å². The Balaban J connectivity index is 2.24. The number of nitrogens with two attached hydrogens (primary N) is 1. The van der Waals surface area contributed by atoms with Crippen LogP contribution in [0.5, 0.6) is 0 Å². The van der Waals surface area contributed by atoms with Crippen molar-refractivity contribution in [3.8, 4) is 11.1 Å². The highest BCUT2D eigenvalue weighted by molar-refractivity contribution is 5.71. The molecule has 3 nitrogen and oxygen atoms in total. The first-order valence-electron chi connectivity index (χ1n) is 7.19. The zero-order chi connectivity index (χ0) is 15.2. The molecule has 3 heteroatoms. The molecule has 1 atom stereocenters. The summed E-state index contributed by atoms with van der Waals surface area (Å²) in [4.78, 5) is 11.5. The Morgan fingerprint density at radius 1 is 1.19 bits per heavy atom. The van der Waals surface area contributed by atoms with Crippen LogP contribution in [-0.2, 0) is 9.53 Å². The summed E-state index contributed by atoms with van der Waals surface area (Å²) in [6.45, 7) is 4.25. The van der Waals surface area contributed by atoms with E-state index < -0.39 is 0 Å². The van der Waals surface area contributed by atoms with Gasteiger partial charge in [0.25, 0.3) is 0 Å². The minimum atomic E-state index is -0.341. The number of rotatable bonds is 5. The van der Waals surface area contributed by atoms with E-state index in [1.807, 2.05) is 30.3 Å². The van der Waals surface area contributed by atoms with Crippen molar-refractivity contribution in [3.63, 3.8) is 0 Å². The summed E-state index contributed by atoms with van der Waals surface area (Å²) in [5.74, 6) is -0.258. The third-order valence-electron chi connectivity index (χ3n) is 3.47. The van der Waals surface area contributed by atoms with Crippen molar-refractivity contribution in [1.29, 1.82) is 0 Å². The van der Waals surface area contributed by atoms with Gasteiger partial charge < -0.3 is 10.5 Å². The molecule has 2 aromatic carbocycles. The first-order valence-corrected chi connectivity index (χ1v) is 7.19. The zero-order valence-electron chi connectivity index (χ0n) is 12.5. The molecule has 2 N–H and O–H groups in total. The lowest BCUT2D eigenvalue weighted by Gasteiger charge is -2.14. The molecule has 2 aromatic rings. The first-order chi connectivity index (χ1) is 10.1. The molecular weight excluding hydrogens is 262 g/mol. The van der Waals surface area contributed by atoms with Gasteiger partial charge in [0.1, 0.15) is 0 Å². The van der Waals surface area contributed by atoms with Gasteiger partial charge in [-0.15, -0.1) is 0 Å². The van der Waals surface area contributed by atoms with E-state index >= 15 is 0 Å². The standard InChI is InChI=1S/C18H21NO2/c1-3-21-18(20)12-17(19)15-10-9-13(2)16(11-15)14-7-5-4-6-8-14/h4-11,17H,3,12,19H2,1-2H3. The number of hydrogen-bond acceptors (Lipinski definition) is 3. The molecule has 0 radical (unpaired) electrons. The Kier molecular flexibility index (Phi) is 5.12. The number of hydrogen-bond donors (Lipinski definition) is 1. The van der Waals surface area contributed by atoms with E-state index in [9.17, 15) is 4.79 Å². The minimum Gasteiger partial charge on any atom is -0.466 e. The molecule has 21 heavy (non-hydrogen) atoms. The maximum atomic E-state index is 11.5. The third-order valence-corrected chi connectivity index (χ3v) is 3.47. The summed E-state index contributed by atoms with van der Waals surface area (Å²) in [5, 5.41) is 0. The van der Waals surface area contributed by atoms with Gasteiger partial charge in [-0.3, -0.25) is 4.79 Å². The first kappa shape index (κ1) is 15.3. The highest BCUT2D eigenvalue weighted by Crippen LogP contribution is 2.27. The number of esters is 1. The van der Waals surface area contributed by atoms with Gasteiger partial charge in [-0.2, -0.15) is 0 Å². The maximum Gasteiger partial charge on any atom is 0.307 e. The average Bonchev–Trinajstić information content (AvgIpc) is 2.48. The average molecular weight is 283 g/mol. The van der Waals surface area contributed by atoms with Gasteiger partial charge >= 0.3 is 5.97 Å². The fraction of sp³-hybridized carbons (Fsp3) is 0.278. The van der Waals surface area contributed by atoms with Crippen LogP contribution in [0.2, 0.25) is 0 Å². The number of ether oxygens (including phenoxy) is 1. The molecule has 0 saturated heterocycles. The Hall–Kier alpha value is -2.13. The molecule has 0 aliphatic heterocycles. The molecule has 110 valence electrons. The molecule has 0 amide bonds. The van der Waals surface area contributed by atoms with E-state index in [2.05, 4.69) is 25.1 Å². The summed E-state index contributed by atoms with van der Waals surface area (Å²) in [7, 11) is 0. The van der Waals surface area contributed by atoms with Gasteiger partial charge in [0.05, 0.1) is 13.0 Å². The number of aryl methyl sites for hydroxylation is 1. The SMILES string of the molecule is CCOC(=O)CC(N)c1ccc(C)c(-c2ccccc2)c1. The van der Waals surface area contributed by atoms with Crippen molar-refractivity contribution in [2.45, 2.75) is 26.3 Å². The summed E-state index contributed by atoms with van der Waals surface area (Å²) < 4.78 is 4.95. The van der Waals surface area contributed by atoms with Crippen LogP contribution in [-0.4, -0.2) is 12.6 Å². The molecule has 0 aromatic heterocycles. The second-order valence-electron chi connectivity index (χ2n) is 5.06. The molecule has 1 unspecified atom stereocenters. The zero-order valence-corrected chi connectivity index (χ0v) is 12.5. The van der Waals surface area contributed by atoms with Gasteiger partial charge in [0, 0.05) is 6.04 Å². The normalized spacial score (nSPS) is 12.0. The lowest BCUT2D eigenvalue weighted by molar-refractivity contribution is -0.143. The molecule has 0 heterocycles. The Morgan fingerprint density at radius 2 is 1.90 bits per heavy atom. The second-order valence-corrected chi connectivity index (χ2v) is 5.06. The van der Waals surface area contributed by atoms with Crippen molar-refractivity contribution >= 4 is 5.97 Å². The summed E-state index contributed by atoms with van der Waals surface area (Å²) in [5.41, 5.74) is 10.6. The van der Waals surface area contributed by atoms with Crippen molar-refractivity contribution in [2.24, 2.45) is 5.73 Å². The van der Waals surface area contributed by atoms with Gasteiger partial charge in [-0.05, 0) is 42.2 Å². The van der Waals surface area contributed by atoms with E-state index in [4.69, 9.17) is 10.5 Å². The quantitative estimate of drug-likeness (QED) is 0.853. The smallest absolute Gasteiger partial charge is 0.307 e. The Morgan fingerprint density at radius 3 is 2.57 bits per heavy atom. The number of carbonyl (C=O) groups is 1. The molecular formula is C18H21NO2. The largest absolute Gasteiger partial charge is 0.466 e. The minimum absolute atomic E-state index is 0.200. The van der Waals surface area contributed by atoms with E-state index in [0.717, 1.165) is 16.7 Å². The fourth-order valence-corrected chi connectivity index (χ4v) is 2.32. The summed E-state index contributed by atoms with van der Waals surface area (Å²) in [6, 6.07) is 15.9. The maximum absolute atomic E-state index is 11.5. The van der Waals surface area contributed by atoms with Crippen LogP contribution in [0, 0.1) is 6.92 Å². The molecule has 0 aliphatic carbocycles. The van der Waals surface area contributed by atoms with Gasteiger partial charge in [-0.1, -0.05) is 42.5 Å². The van der Waals surface area contributed by atoms with Gasteiger partial charge in [-0.25, -0.2) is 0 Å². The number of benzene rings is 2. The molecule has 0 bridgehead atoms. The van der Waals surface area contributed by atoms with Crippen molar-refractivity contribution in [2.75, 3.05) is 6.61 Å². The highest BCUT2D eigenvalue weighted by atomic mass is 16.5. The predicted octanol–water partition coefficient (Wildman–Crippen LogP) is 3.62. The molecule has 0 spiro atoms. The Bertz CT molecular complexity index is 608. The highest BCUT2D eigenvalue weighted by Gasteiger charge is 2.14. The third kappa shape index (κ3) is 3.92. The van der Waals surface area contributed by atoms with Crippen LogP contribution >= 0.6 is 0 Å². The molecule has 0 fully saturated rings. The van der Waals surface area contributed by atoms with Crippen molar-refractivity contribution < 1.29 is 9.53 Å². The molecule has 0 saturated carbocycles. The van der Waals surface area contributed by atoms with Crippen molar-refractivity contribution in [3.05, 3.63) is 59.7 Å². The fourth-order valence-electron chi connectivity index (χ4n) is 2.32. The lowest BCUT2D eigenvalue weighted by Crippen LogP contribution is -2.17. The monoisotopic (exact) mass is 283 g/mol. The molecule has 2 rings (SSSR count). The Labute approximate surface area is 125 Å². The van der Waals surface area contributed by atoms with Crippen LogP contribution in [0.15, 0.2) is 48.5 Å². The second kappa shape index (κ2) is 7.04. The van der Waals surface area contributed by atoms with Gasteiger partial charge in [0.15, 0.2) is 0 Å². The summed E-state index contributed by atoms with van der Waals surface area (Å²) >= 11 is 0. The topological polar surface area (TPSA) is 52.3 Å². The predicted molar refractivity (Wildman–Crippen MR) is 84.8 cm³/mol. The molecule has 0 aliphatic rings. The van der Waals surface area contributed by atoms with Crippen LogP contribution in [0.1, 0.15) is 30.5 Å². The number of carbonyl (C=O) groups excluding carboxylic acids is 1. The lowest BCUT2D eigenvalue weighted by atomic mass is 9.95. The van der Waals surface area contributed by atoms with Crippen LogP contribution in [0.4, 0.5) is 0 Å². The van der Waals surface area contributed by atoms with Crippen molar-refractivity contribution in [1.82, 2.24) is 0 Å². The van der Waals surface area contributed by atoms with E-state index in [1.54, 1.807) is 6.92 Å². The van der Waals surface area contributed by atoms with Crippen LogP contribution < -0.4 is 5.73 Å². The van der Waals surface area contributed by atoms with Crippen LogP contribution in [0.3, 0.4) is 0 Å². The van der Waals surface area contributed by atoms with Gasteiger partial charge in [0.2, 0.25) is 0 Å². The summed E-state index contributed by atoms with van der Waals surface area (Å²) in [6.07, 6.45) is 0.200. The van der Waals surface area contributed by atoms with E-state index in [-0.39, 0.29) is 18.4 Å².